The van der Waals surface area contributed by atoms with Crippen LogP contribution < -0.4 is 9.47 Å². The van der Waals surface area contributed by atoms with Crippen LogP contribution in [-0.2, 0) is 11.3 Å². The predicted molar refractivity (Wildman–Crippen MR) is 53.7 cm³/mol. The molecule has 0 aliphatic carbocycles. The van der Waals surface area contributed by atoms with Crippen molar-refractivity contribution < 1.29 is 19.0 Å². The summed E-state index contributed by atoms with van der Waals surface area (Å²) in [5, 5.41) is 0.373. The first kappa shape index (κ1) is 10.1. The number of carbonyl (C=O) groups excluding carboxylic acids is 1. The van der Waals surface area contributed by atoms with E-state index in [-0.39, 0.29) is 12.6 Å². The van der Waals surface area contributed by atoms with E-state index in [1.165, 1.54) is 14.2 Å². The van der Waals surface area contributed by atoms with Crippen molar-refractivity contribution in [3.63, 3.8) is 0 Å². The largest absolute Gasteiger partial charge is 0.493 e. The number of hydrogen-bond donors (Lipinski definition) is 0. The summed E-state index contributed by atoms with van der Waals surface area (Å²) in [6, 6.07) is 1.58. The van der Waals surface area contributed by atoms with Crippen molar-refractivity contribution in [2.75, 3.05) is 14.2 Å². The van der Waals surface area contributed by atoms with E-state index >= 15 is 0 Å². The van der Waals surface area contributed by atoms with Crippen molar-refractivity contribution in [2.45, 2.75) is 6.61 Å². The van der Waals surface area contributed by atoms with E-state index < -0.39 is 0 Å². The number of hydrogen-bond acceptors (Lipinski definition) is 4. The molecule has 0 amide bonds. The first-order valence-electron chi connectivity index (χ1n) is 4.29. The number of cyclic esters (lactones) is 1. The molecule has 4 nitrogen and oxygen atoms in total. The van der Waals surface area contributed by atoms with Gasteiger partial charge < -0.3 is 14.2 Å². The van der Waals surface area contributed by atoms with Gasteiger partial charge in [-0.05, 0) is 6.07 Å². The molecule has 0 radical (unpaired) electrons. The lowest BCUT2D eigenvalue weighted by molar-refractivity contribution is 0.0535. The average Bonchev–Trinajstić information content (AvgIpc) is 2.60. The summed E-state index contributed by atoms with van der Waals surface area (Å²) in [7, 11) is 2.98. The Hall–Kier alpha value is -1.42. The summed E-state index contributed by atoms with van der Waals surface area (Å²) in [6.45, 7) is 0.188. The Morgan fingerprint density at radius 3 is 2.73 bits per heavy atom. The molecule has 0 saturated carbocycles. The molecule has 0 unspecified atom stereocenters. The fraction of sp³-hybridized carbons (Fsp3) is 0.300. The number of fused-ring (bicyclic) bond motifs is 1. The molecular weight excluding hydrogens is 220 g/mol. The summed E-state index contributed by atoms with van der Waals surface area (Å²) >= 11 is 6.07. The van der Waals surface area contributed by atoms with Gasteiger partial charge in [0.15, 0.2) is 11.5 Å². The Labute approximate surface area is 91.7 Å². The molecule has 15 heavy (non-hydrogen) atoms. The lowest BCUT2D eigenvalue weighted by Crippen LogP contribution is -1.98. The van der Waals surface area contributed by atoms with Crippen LogP contribution in [0.25, 0.3) is 0 Å². The molecule has 2 rings (SSSR count). The van der Waals surface area contributed by atoms with Crippen LogP contribution in [0.5, 0.6) is 11.5 Å². The molecule has 0 fully saturated rings. The minimum absolute atomic E-state index is 0.188. The molecule has 0 atom stereocenters. The van der Waals surface area contributed by atoms with Crippen LogP contribution in [0.2, 0.25) is 5.02 Å². The van der Waals surface area contributed by atoms with Gasteiger partial charge in [-0.15, -0.1) is 0 Å². The third-order valence-electron chi connectivity index (χ3n) is 2.28. The molecule has 1 aliphatic heterocycles. The van der Waals surface area contributed by atoms with E-state index in [2.05, 4.69) is 0 Å². The summed E-state index contributed by atoms with van der Waals surface area (Å²) in [6.07, 6.45) is 0. The van der Waals surface area contributed by atoms with Crippen LogP contribution in [0.4, 0.5) is 0 Å². The molecule has 80 valence electrons. The first-order valence-corrected chi connectivity index (χ1v) is 4.67. The van der Waals surface area contributed by atoms with Gasteiger partial charge in [-0.2, -0.15) is 0 Å². The molecule has 5 heteroatoms. The Morgan fingerprint density at radius 2 is 2.13 bits per heavy atom. The molecule has 0 spiro atoms. The van der Waals surface area contributed by atoms with Crippen LogP contribution in [0.3, 0.4) is 0 Å². The van der Waals surface area contributed by atoms with Crippen molar-refractivity contribution in [1.82, 2.24) is 0 Å². The number of benzene rings is 1. The lowest BCUT2D eigenvalue weighted by atomic mass is 10.1. The second kappa shape index (κ2) is 3.62. The number of carbonyl (C=O) groups is 1. The van der Waals surface area contributed by atoms with Crippen molar-refractivity contribution in [3.8, 4) is 11.5 Å². The maximum atomic E-state index is 11.3. The van der Waals surface area contributed by atoms with Gasteiger partial charge in [-0.3, -0.25) is 0 Å². The summed E-state index contributed by atoms with van der Waals surface area (Å²) in [5.74, 6) is 0.476. The summed E-state index contributed by atoms with van der Waals surface area (Å²) < 4.78 is 15.0. The molecule has 0 bridgehead atoms. The van der Waals surface area contributed by atoms with Crippen LogP contribution in [0.15, 0.2) is 6.07 Å². The van der Waals surface area contributed by atoms with Gasteiger partial charge in [0.25, 0.3) is 0 Å². The number of halogens is 1. The highest BCUT2D eigenvalue weighted by Gasteiger charge is 2.28. The monoisotopic (exact) mass is 228 g/mol. The minimum atomic E-state index is -0.382. The quantitative estimate of drug-likeness (QED) is 0.727. The van der Waals surface area contributed by atoms with E-state index in [9.17, 15) is 4.79 Å². The van der Waals surface area contributed by atoms with Crippen molar-refractivity contribution in [1.29, 1.82) is 0 Å². The zero-order valence-electron chi connectivity index (χ0n) is 8.30. The maximum absolute atomic E-state index is 11.3. The Balaban J connectivity index is 2.67. The van der Waals surface area contributed by atoms with E-state index in [4.69, 9.17) is 25.8 Å². The molecule has 1 aliphatic rings. The van der Waals surface area contributed by atoms with Gasteiger partial charge in [0.05, 0.1) is 24.8 Å². The van der Waals surface area contributed by atoms with Gasteiger partial charge in [-0.25, -0.2) is 4.79 Å². The van der Waals surface area contributed by atoms with Gasteiger partial charge in [-0.1, -0.05) is 11.6 Å². The van der Waals surface area contributed by atoms with Crippen molar-refractivity contribution in [3.05, 3.63) is 22.2 Å². The molecule has 1 aromatic carbocycles. The first-order chi connectivity index (χ1) is 7.19. The molecular formula is C10H9ClO4. The molecule has 0 aromatic heterocycles. The maximum Gasteiger partial charge on any atom is 0.339 e. The SMILES string of the molecule is COc1cc2c(c(Cl)c1OC)COC2=O. The normalized spacial score (nSPS) is 13.4. The highest BCUT2D eigenvalue weighted by molar-refractivity contribution is 6.33. The molecule has 0 N–H and O–H groups in total. The van der Waals surface area contributed by atoms with Crippen molar-refractivity contribution in [2.24, 2.45) is 0 Å². The number of methoxy groups -OCH3 is 2. The fourth-order valence-corrected chi connectivity index (χ4v) is 1.85. The Kier molecular flexibility index (Phi) is 2.44. The van der Waals surface area contributed by atoms with Crippen LogP contribution in [0.1, 0.15) is 15.9 Å². The molecule has 1 aromatic rings. The standard InChI is InChI=1S/C10H9ClO4/c1-13-7-3-5-6(4-15-10(5)12)8(11)9(7)14-2/h3H,4H2,1-2H3. The number of esters is 1. The molecule has 0 saturated heterocycles. The third-order valence-corrected chi connectivity index (χ3v) is 2.68. The van der Waals surface area contributed by atoms with Crippen molar-refractivity contribution >= 4 is 17.6 Å². The zero-order valence-corrected chi connectivity index (χ0v) is 9.05. The molecule has 1 heterocycles. The van der Waals surface area contributed by atoms with Crippen LogP contribution in [-0.4, -0.2) is 20.2 Å². The summed E-state index contributed by atoms with van der Waals surface area (Å²) in [4.78, 5) is 11.3. The van der Waals surface area contributed by atoms with E-state index in [1.807, 2.05) is 0 Å². The minimum Gasteiger partial charge on any atom is -0.493 e. The second-order valence-electron chi connectivity index (χ2n) is 3.03. The van der Waals surface area contributed by atoms with Gasteiger partial charge >= 0.3 is 5.97 Å². The van der Waals surface area contributed by atoms with Gasteiger partial charge in [0, 0.05) is 5.56 Å². The number of rotatable bonds is 2. The highest BCUT2D eigenvalue weighted by atomic mass is 35.5. The highest BCUT2D eigenvalue weighted by Crippen LogP contribution is 2.41. The smallest absolute Gasteiger partial charge is 0.339 e. The topological polar surface area (TPSA) is 44.8 Å². The third kappa shape index (κ3) is 1.41. The van der Waals surface area contributed by atoms with E-state index in [0.717, 1.165) is 0 Å². The van der Waals surface area contributed by atoms with E-state index in [1.54, 1.807) is 6.07 Å². The van der Waals surface area contributed by atoms with Gasteiger partial charge in [0.1, 0.15) is 6.61 Å². The predicted octanol–water partition coefficient (Wildman–Crippen LogP) is 2.03. The van der Waals surface area contributed by atoms with Crippen LogP contribution >= 0.6 is 11.6 Å². The van der Waals surface area contributed by atoms with Gasteiger partial charge in [0.2, 0.25) is 0 Å². The fourth-order valence-electron chi connectivity index (χ4n) is 1.53. The van der Waals surface area contributed by atoms with E-state index in [0.29, 0.717) is 27.6 Å². The summed E-state index contributed by atoms with van der Waals surface area (Å²) in [5.41, 5.74) is 1.09. The zero-order chi connectivity index (χ0) is 11.0. The second-order valence-corrected chi connectivity index (χ2v) is 3.41. The Morgan fingerprint density at radius 1 is 1.40 bits per heavy atom. The Bertz CT molecular complexity index is 428. The number of ether oxygens (including phenoxy) is 3. The van der Waals surface area contributed by atoms with Crippen LogP contribution in [0, 0.1) is 0 Å². The average molecular weight is 229 g/mol. The lowest BCUT2D eigenvalue weighted by Gasteiger charge is -2.10.